The lowest BCUT2D eigenvalue weighted by Gasteiger charge is -2.08. The van der Waals surface area contributed by atoms with Crippen LogP contribution in [0.1, 0.15) is 43.2 Å². The maximum atomic E-state index is 9.10. The molecular formula is C21H28O4. The zero-order valence-electron chi connectivity index (χ0n) is 14.7. The van der Waals surface area contributed by atoms with Crippen LogP contribution in [0.25, 0.3) is 0 Å². The zero-order valence-corrected chi connectivity index (χ0v) is 14.7. The molecule has 0 spiro atoms. The molecule has 2 aromatic rings. The van der Waals surface area contributed by atoms with Crippen LogP contribution in [0, 0.1) is 0 Å². The summed E-state index contributed by atoms with van der Waals surface area (Å²) < 4.78 is 11.4. The molecular weight excluding hydrogens is 316 g/mol. The first-order chi connectivity index (χ1) is 12.3. The van der Waals surface area contributed by atoms with E-state index in [2.05, 4.69) is 0 Å². The van der Waals surface area contributed by atoms with Gasteiger partial charge in [-0.05, 0) is 48.2 Å². The fourth-order valence-corrected chi connectivity index (χ4v) is 2.58. The molecule has 0 heterocycles. The van der Waals surface area contributed by atoms with Gasteiger partial charge in [-0.3, -0.25) is 0 Å². The molecule has 0 bridgehead atoms. The second kappa shape index (κ2) is 11.5. The molecule has 2 N–H and O–H groups in total. The molecule has 0 aromatic heterocycles. The molecule has 0 unspecified atom stereocenters. The number of unbranched alkanes of at least 4 members (excludes halogenated alkanes) is 4. The van der Waals surface area contributed by atoms with E-state index in [1.807, 2.05) is 48.5 Å². The van der Waals surface area contributed by atoms with Gasteiger partial charge in [0.2, 0.25) is 0 Å². The zero-order chi connectivity index (χ0) is 17.7. The van der Waals surface area contributed by atoms with Crippen molar-refractivity contribution >= 4 is 0 Å². The van der Waals surface area contributed by atoms with Gasteiger partial charge in [-0.1, -0.05) is 43.5 Å². The normalized spacial score (nSPS) is 10.6. The minimum Gasteiger partial charge on any atom is -0.494 e. The quantitative estimate of drug-likeness (QED) is 0.570. The topological polar surface area (TPSA) is 58.9 Å². The molecule has 0 atom stereocenters. The fraction of sp³-hybridized carbons (Fsp3) is 0.429. The van der Waals surface area contributed by atoms with E-state index in [1.54, 1.807) is 0 Å². The maximum Gasteiger partial charge on any atom is 0.119 e. The van der Waals surface area contributed by atoms with Gasteiger partial charge in [0.15, 0.2) is 0 Å². The Bertz CT molecular complexity index is 559. The Labute approximate surface area is 150 Å². The SMILES string of the molecule is OCc1cccc(OCCCCCCCOc2cccc(CO)c2)c1. The molecule has 0 saturated carbocycles. The molecule has 0 saturated heterocycles. The number of benzene rings is 2. The number of hydrogen-bond donors (Lipinski definition) is 2. The summed E-state index contributed by atoms with van der Waals surface area (Å²) in [4.78, 5) is 0. The van der Waals surface area contributed by atoms with Crippen molar-refractivity contribution in [3.05, 3.63) is 59.7 Å². The number of rotatable bonds is 12. The van der Waals surface area contributed by atoms with Crippen LogP contribution in [0.3, 0.4) is 0 Å². The molecule has 0 fully saturated rings. The second-order valence-corrected chi connectivity index (χ2v) is 6.08. The second-order valence-electron chi connectivity index (χ2n) is 6.08. The van der Waals surface area contributed by atoms with Gasteiger partial charge in [0.05, 0.1) is 26.4 Å². The van der Waals surface area contributed by atoms with Gasteiger partial charge >= 0.3 is 0 Å². The maximum absolute atomic E-state index is 9.10. The number of hydrogen-bond acceptors (Lipinski definition) is 4. The molecule has 2 rings (SSSR count). The predicted molar refractivity (Wildman–Crippen MR) is 98.8 cm³/mol. The highest BCUT2D eigenvalue weighted by Gasteiger charge is 1.98. The minimum atomic E-state index is 0.0452. The van der Waals surface area contributed by atoms with Crippen molar-refractivity contribution < 1.29 is 19.7 Å². The number of ether oxygens (including phenoxy) is 2. The van der Waals surface area contributed by atoms with Crippen LogP contribution >= 0.6 is 0 Å². The fourth-order valence-electron chi connectivity index (χ4n) is 2.58. The van der Waals surface area contributed by atoms with Crippen molar-refractivity contribution in [2.75, 3.05) is 13.2 Å². The highest BCUT2D eigenvalue weighted by molar-refractivity contribution is 5.28. The van der Waals surface area contributed by atoms with Gasteiger partial charge in [0, 0.05) is 0 Å². The van der Waals surface area contributed by atoms with E-state index in [4.69, 9.17) is 19.7 Å². The largest absolute Gasteiger partial charge is 0.494 e. The van der Waals surface area contributed by atoms with Gasteiger partial charge in [0.1, 0.15) is 11.5 Å². The minimum absolute atomic E-state index is 0.0452. The van der Waals surface area contributed by atoms with Crippen LogP contribution in [0.5, 0.6) is 11.5 Å². The number of aliphatic hydroxyl groups excluding tert-OH is 2. The molecule has 0 aliphatic carbocycles. The third-order valence-corrected chi connectivity index (χ3v) is 3.99. The smallest absolute Gasteiger partial charge is 0.119 e. The van der Waals surface area contributed by atoms with Crippen LogP contribution in [0.2, 0.25) is 0 Å². The van der Waals surface area contributed by atoms with E-state index >= 15 is 0 Å². The van der Waals surface area contributed by atoms with Crippen LogP contribution in [0.4, 0.5) is 0 Å². The molecule has 4 heteroatoms. The summed E-state index contributed by atoms with van der Waals surface area (Å²) in [6, 6.07) is 15.2. The van der Waals surface area contributed by atoms with Crippen molar-refractivity contribution in [2.24, 2.45) is 0 Å². The highest BCUT2D eigenvalue weighted by Crippen LogP contribution is 2.15. The Morgan fingerprint density at radius 2 is 1.04 bits per heavy atom. The predicted octanol–water partition coefficient (Wildman–Crippen LogP) is 4.08. The molecule has 25 heavy (non-hydrogen) atoms. The van der Waals surface area contributed by atoms with Crippen LogP contribution < -0.4 is 9.47 Å². The Kier molecular flexibility index (Phi) is 8.87. The standard InChI is InChI=1S/C21H28O4/c22-16-18-8-6-10-20(14-18)24-12-4-2-1-3-5-13-25-21-11-7-9-19(15-21)17-23/h6-11,14-15,22-23H,1-5,12-13,16-17H2. The molecule has 136 valence electrons. The Morgan fingerprint density at radius 1 is 0.600 bits per heavy atom. The first-order valence-electron chi connectivity index (χ1n) is 8.97. The summed E-state index contributed by atoms with van der Waals surface area (Å²) in [5.74, 6) is 1.65. The molecule has 0 radical (unpaired) electrons. The summed E-state index contributed by atoms with van der Waals surface area (Å²) in [5, 5.41) is 18.2. The monoisotopic (exact) mass is 344 g/mol. The summed E-state index contributed by atoms with van der Waals surface area (Å²) in [7, 11) is 0. The van der Waals surface area contributed by atoms with Gasteiger partial charge < -0.3 is 19.7 Å². The first kappa shape index (κ1) is 19.3. The van der Waals surface area contributed by atoms with Crippen LogP contribution in [-0.4, -0.2) is 23.4 Å². The average Bonchev–Trinajstić information content (AvgIpc) is 2.67. The third kappa shape index (κ3) is 7.59. The van der Waals surface area contributed by atoms with Gasteiger partial charge in [-0.15, -0.1) is 0 Å². The molecule has 4 nitrogen and oxygen atoms in total. The number of aliphatic hydroxyl groups is 2. The lowest BCUT2D eigenvalue weighted by molar-refractivity contribution is 0.276. The van der Waals surface area contributed by atoms with E-state index in [0.717, 1.165) is 48.3 Å². The van der Waals surface area contributed by atoms with Crippen molar-refractivity contribution in [3.8, 4) is 11.5 Å². The summed E-state index contributed by atoms with van der Waals surface area (Å²) >= 11 is 0. The van der Waals surface area contributed by atoms with Gasteiger partial charge in [-0.2, -0.15) is 0 Å². The Morgan fingerprint density at radius 3 is 1.48 bits per heavy atom. The van der Waals surface area contributed by atoms with Gasteiger partial charge in [-0.25, -0.2) is 0 Å². The molecule has 0 aliphatic rings. The van der Waals surface area contributed by atoms with Crippen molar-refractivity contribution in [1.29, 1.82) is 0 Å². The van der Waals surface area contributed by atoms with E-state index in [0.29, 0.717) is 13.2 Å². The molecule has 0 aliphatic heterocycles. The van der Waals surface area contributed by atoms with E-state index < -0.39 is 0 Å². The van der Waals surface area contributed by atoms with E-state index in [9.17, 15) is 0 Å². The highest BCUT2D eigenvalue weighted by atomic mass is 16.5. The Balaban J connectivity index is 1.48. The lowest BCUT2D eigenvalue weighted by Crippen LogP contribution is -1.99. The third-order valence-electron chi connectivity index (χ3n) is 3.99. The van der Waals surface area contributed by atoms with Crippen LogP contribution in [0.15, 0.2) is 48.5 Å². The van der Waals surface area contributed by atoms with Crippen molar-refractivity contribution in [2.45, 2.75) is 45.3 Å². The lowest BCUT2D eigenvalue weighted by atomic mass is 10.1. The van der Waals surface area contributed by atoms with Gasteiger partial charge in [0.25, 0.3) is 0 Å². The van der Waals surface area contributed by atoms with Crippen molar-refractivity contribution in [1.82, 2.24) is 0 Å². The molecule has 2 aromatic carbocycles. The first-order valence-corrected chi connectivity index (χ1v) is 8.97. The summed E-state index contributed by atoms with van der Waals surface area (Å²) in [6.07, 6.45) is 5.50. The molecule has 0 amide bonds. The van der Waals surface area contributed by atoms with Crippen LogP contribution in [-0.2, 0) is 13.2 Å². The summed E-state index contributed by atoms with van der Waals surface area (Å²) in [5.41, 5.74) is 1.75. The van der Waals surface area contributed by atoms with E-state index in [-0.39, 0.29) is 13.2 Å². The Hall–Kier alpha value is -2.04. The van der Waals surface area contributed by atoms with E-state index in [1.165, 1.54) is 6.42 Å². The summed E-state index contributed by atoms with van der Waals surface area (Å²) in [6.45, 7) is 1.51. The van der Waals surface area contributed by atoms with Crippen molar-refractivity contribution in [3.63, 3.8) is 0 Å². The average molecular weight is 344 g/mol.